The van der Waals surface area contributed by atoms with E-state index in [1.54, 1.807) is 7.11 Å². The van der Waals surface area contributed by atoms with Gasteiger partial charge in [0.05, 0.1) is 19.8 Å². The standard InChI is InChI=1S/C26H47O3P.C20H27O3P.C13H13O3P/c1-3-5-7-9-11-13-15-20-24-27-30(29-26-22-18-17-19-23-26)28-25-21-16-14-12-10-8-6-4-2;1-2-3-4-5-6-13-18-21-24(22-19-14-9-7-10-15-19)23-20-16-11-8-12-17-20;1-14-17(15-12-8-4-2-5-9-12)16-13-10-6-3-7-11-13/h17-19,22-23H,3-16,20-21,24-25H2,1-2H3;7-12,14-17H,2-6,13,18H2,1H3;2-11H,1H3. The van der Waals surface area contributed by atoms with Gasteiger partial charge in [-0.25, -0.2) is 0 Å². The average Bonchev–Trinajstić information content (AvgIpc) is 3.41. The minimum Gasteiger partial charge on any atom is -0.427 e. The zero-order chi connectivity index (χ0) is 50.3. The molecular formula is C59H87O9P3. The predicted molar refractivity (Wildman–Crippen MR) is 300 cm³/mol. The first kappa shape index (κ1) is 61.5. The first-order chi connectivity index (χ1) is 35.1. The van der Waals surface area contributed by atoms with Crippen LogP contribution in [0.2, 0.25) is 0 Å². The Balaban J connectivity index is 0.000000291. The first-order valence-electron chi connectivity index (χ1n) is 26.6. The Morgan fingerprint density at radius 1 is 0.254 bits per heavy atom. The fraction of sp³-hybridized carbons (Fsp3) is 0.492. The molecule has 0 amide bonds. The summed E-state index contributed by atoms with van der Waals surface area (Å²) in [4.78, 5) is 0. The lowest BCUT2D eigenvalue weighted by Crippen LogP contribution is -2.01. The number of hydrogen-bond donors (Lipinski definition) is 0. The lowest BCUT2D eigenvalue weighted by molar-refractivity contribution is 0.198. The maximum Gasteiger partial charge on any atom is 0.463 e. The zero-order valence-corrected chi connectivity index (χ0v) is 46.3. The SMILES string of the molecule is CCCCCCCCCCOP(OCCCCCCCCCC)Oc1ccccc1.CCCCCCCCOP(Oc1ccccc1)Oc1ccccc1.COP(Oc1ccccc1)Oc1ccccc1. The third-order valence-electron chi connectivity index (χ3n) is 10.8. The van der Waals surface area contributed by atoms with Gasteiger partial charge in [-0.1, -0.05) is 234 Å². The molecule has 5 aromatic rings. The summed E-state index contributed by atoms with van der Waals surface area (Å²) in [5, 5.41) is 0. The molecule has 0 fully saturated rings. The third-order valence-corrected chi connectivity index (χ3v) is 14.1. The summed E-state index contributed by atoms with van der Waals surface area (Å²) in [6, 6.07) is 48.2. The molecule has 12 heteroatoms. The highest BCUT2D eigenvalue weighted by Gasteiger charge is 2.18. The van der Waals surface area contributed by atoms with Crippen LogP contribution in [0.3, 0.4) is 0 Å². The van der Waals surface area contributed by atoms with Crippen molar-refractivity contribution in [2.24, 2.45) is 0 Å². The monoisotopic (exact) mass is 1030 g/mol. The molecular weight excluding hydrogens is 946 g/mol. The van der Waals surface area contributed by atoms with E-state index in [4.69, 9.17) is 40.7 Å². The molecule has 9 nitrogen and oxygen atoms in total. The van der Waals surface area contributed by atoms with E-state index >= 15 is 0 Å². The van der Waals surface area contributed by atoms with Crippen LogP contribution in [0, 0.1) is 0 Å². The second-order valence-electron chi connectivity index (χ2n) is 17.1. The maximum atomic E-state index is 5.98. The summed E-state index contributed by atoms with van der Waals surface area (Å²) in [6.07, 6.45) is 28.3. The van der Waals surface area contributed by atoms with Crippen LogP contribution in [0.5, 0.6) is 28.7 Å². The fourth-order valence-corrected chi connectivity index (χ4v) is 9.68. The fourth-order valence-electron chi connectivity index (χ4n) is 6.86. The smallest absolute Gasteiger partial charge is 0.427 e. The molecule has 0 heterocycles. The summed E-state index contributed by atoms with van der Waals surface area (Å²) in [6.45, 7) is 8.89. The molecule has 0 saturated carbocycles. The van der Waals surface area contributed by atoms with Crippen LogP contribution < -0.4 is 22.6 Å². The van der Waals surface area contributed by atoms with E-state index < -0.39 is 25.8 Å². The van der Waals surface area contributed by atoms with Crippen molar-refractivity contribution < 1.29 is 40.7 Å². The van der Waals surface area contributed by atoms with Crippen LogP contribution in [0.25, 0.3) is 0 Å². The van der Waals surface area contributed by atoms with Crippen molar-refractivity contribution >= 4 is 25.8 Å². The Kier molecular flexibility index (Phi) is 38.9. The second-order valence-corrected chi connectivity index (χ2v) is 20.5. The molecule has 0 aliphatic rings. The Morgan fingerprint density at radius 3 is 0.718 bits per heavy atom. The van der Waals surface area contributed by atoms with Gasteiger partial charge >= 0.3 is 25.8 Å². The minimum absolute atomic E-state index is 0.664. The minimum atomic E-state index is -1.44. The molecule has 392 valence electrons. The molecule has 0 bridgehead atoms. The second kappa shape index (κ2) is 44.9. The molecule has 0 unspecified atom stereocenters. The highest BCUT2D eigenvalue weighted by Crippen LogP contribution is 2.43. The topological polar surface area (TPSA) is 83.1 Å². The number of para-hydroxylation sites is 5. The van der Waals surface area contributed by atoms with Gasteiger partial charge in [-0.15, -0.1) is 0 Å². The van der Waals surface area contributed by atoms with E-state index in [1.807, 2.05) is 152 Å². The van der Waals surface area contributed by atoms with Gasteiger partial charge in [0, 0.05) is 7.11 Å². The van der Waals surface area contributed by atoms with Crippen LogP contribution in [-0.4, -0.2) is 26.9 Å². The van der Waals surface area contributed by atoms with Gasteiger partial charge in [-0.3, -0.25) is 9.05 Å². The van der Waals surface area contributed by atoms with E-state index in [2.05, 4.69) is 20.8 Å². The highest BCUT2D eigenvalue weighted by atomic mass is 31.2. The van der Waals surface area contributed by atoms with Crippen LogP contribution in [0.15, 0.2) is 152 Å². The molecule has 71 heavy (non-hydrogen) atoms. The largest absolute Gasteiger partial charge is 0.463 e. The maximum absolute atomic E-state index is 5.98. The lowest BCUT2D eigenvalue weighted by atomic mass is 10.1. The van der Waals surface area contributed by atoms with Gasteiger partial charge in [0.2, 0.25) is 0 Å². The van der Waals surface area contributed by atoms with Crippen molar-refractivity contribution in [2.75, 3.05) is 26.9 Å². The van der Waals surface area contributed by atoms with Crippen LogP contribution in [0.1, 0.15) is 162 Å². The van der Waals surface area contributed by atoms with Crippen molar-refractivity contribution in [3.63, 3.8) is 0 Å². The van der Waals surface area contributed by atoms with Gasteiger partial charge in [0.1, 0.15) is 28.7 Å². The van der Waals surface area contributed by atoms with E-state index in [0.29, 0.717) is 6.61 Å². The normalized spacial score (nSPS) is 10.9. The average molecular weight is 1030 g/mol. The van der Waals surface area contributed by atoms with E-state index in [9.17, 15) is 0 Å². The summed E-state index contributed by atoms with van der Waals surface area (Å²) in [5.41, 5.74) is 0. The van der Waals surface area contributed by atoms with Crippen molar-refractivity contribution in [2.45, 2.75) is 162 Å². The molecule has 0 spiro atoms. The Morgan fingerprint density at radius 2 is 0.465 bits per heavy atom. The van der Waals surface area contributed by atoms with Gasteiger partial charge in [-0.05, 0) is 79.9 Å². The van der Waals surface area contributed by atoms with Gasteiger partial charge in [0.25, 0.3) is 0 Å². The van der Waals surface area contributed by atoms with Gasteiger partial charge in [-0.2, -0.15) is 0 Å². The van der Waals surface area contributed by atoms with Crippen molar-refractivity contribution in [3.8, 4) is 28.7 Å². The number of hydrogen-bond acceptors (Lipinski definition) is 9. The molecule has 0 radical (unpaired) electrons. The van der Waals surface area contributed by atoms with Crippen LogP contribution >= 0.6 is 25.8 Å². The molecule has 5 aromatic carbocycles. The van der Waals surface area contributed by atoms with E-state index in [1.165, 1.54) is 122 Å². The molecule has 0 aliphatic heterocycles. The summed E-state index contributed by atoms with van der Waals surface area (Å²) < 4.78 is 51.9. The summed E-state index contributed by atoms with van der Waals surface area (Å²) in [7, 11) is -2.59. The van der Waals surface area contributed by atoms with Crippen LogP contribution in [-0.2, 0) is 18.1 Å². The van der Waals surface area contributed by atoms with Gasteiger partial charge < -0.3 is 31.7 Å². The van der Waals surface area contributed by atoms with Gasteiger partial charge in [0.15, 0.2) is 0 Å². The molecule has 0 aromatic heterocycles. The summed E-state index contributed by atoms with van der Waals surface area (Å²) in [5.74, 6) is 3.83. The predicted octanol–water partition coefficient (Wildman–Crippen LogP) is 20.4. The number of unbranched alkanes of at least 4 members (excludes halogenated alkanes) is 19. The molecule has 0 atom stereocenters. The van der Waals surface area contributed by atoms with E-state index in [-0.39, 0.29) is 0 Å². The Labute approximate surface area is 434 Å². The summed E-state index contributed by atoms with van der Waals surface area (Å²) >= 11 is 0. The van der Waals surface area contributed by atoms with Crippen LogP contribution in [0.4, 0.5) is 0 Å². The van der Waals surface area contributed by atoms with E-state index in [0.717, 1.165) is 61.2 Å². The molecule has 0 saturated heterocycles. The quantitative estimate of drug-likeness (QED) is 0.0282. The van der Waals surface area contributed by atoms with Crippen molar-refractivity contribution in [3.05, 3.63) is 152 Å². The Hall–Kier alpha value is -3.77. The first-order valence-corrected chi connectivity index (χ1v) is 29.9. The molecule has 5 rings (SSSR count). The molecule has 0 N–H and O–H groups in total. The third kappa shape index (κ3) is 34.3. The zero-order valence-electron chi connectivity index (χ0n) is 43.6. The highest BCUT2D eigenvalue weighted by molar-refractivity contribution is 7.43. The number of rotatable bonds is 39. The van der Waals surface area contributed by atoms with Crippen molar-refractivity contribution in [1.29, 1.82) is 0 Å². The molecule has 0 aliphatic carbocycles. The lowest BCUT2D eigenvalue weighted by Gasteiger charge is -2.17. The van der Waals surface area contributed by atoms with Crippen molar-refractivity contribution in [1.82, 2.24) is 0 Å². The number of benzene rings is 5. The Bertz CT molecular complexity index is 1750.